The summed E-state index contributed by atoms with van der Waals surface area (Å²) < 4.78 is 1.99. The minimum atomic E-state index is 0.0548. The number of likely N-dealkylation sites (N-methyl/N-ethyl adjacent to an activating group) is 1. The summed E-state index contributed by atoms with van der Waals surface area (Å²) in [6, 6.07) is 3.24. The summed E-state index contributed by atoms with van der Waals surface area (Å²) in [6.45, 7) is 2.28. The van der Waals surface area contributed by atoms with Crippen molar-refractivity contribution in [2.75, 3.05) is 20.1 Å². The number of likely N-dealkylation sites (tertiary alicyclic amines) is 1. The van der Waals surface area contributed by atoms with Gasteiger partial charge in [0.15, 0.2) is 5.43 Å². The van der Waals surface area contributed by atoms with E-state index in [9.17, 15) is 4.79 Å². The first-order chi connectivity index (χ1) is 8.22. The van der Waals surface area contributed by atoms with Crippen LogP contribution in [0.2, 0.25) is 0 Å². The normalized spacial score (nSPS) is 22.1. The lowest BCUT2D eigenvalue weighted by Crippen LogP contribution is -2.30. The third-order valence-corrected chi connectivity index (χ3v) is 3.57. The molecule has 2 aromatic rings. The molecule has 4 heteroatoms. The van der Waals surface area contributed by atoms with E-state index in [0.29, 0.717) is 5.92 Å². The number of H-pyrrole nitrogens is 1. The Hall–Kier alpha value is -1.55. The van der Waals surface area contributed by atoms with Crippen molar-refractivity contribution < 1.29 is 0 Å². The van der Waals surface area contributed by atoms with Crippen LogP contribution >= 0.6 is 0 Å². The SMILES string of the molecule is CN1CCCC(c2cn3ccc(=O)cc3[nH]2)C1. The third-order valence-electron chi connectivity index (χ3n) is 3.57. The van der Waals surface area contributed by atoms with Crippen LogP contribution in [0.5, 0.6) is 0 Å². The lowest BCUT2D eigenvalue weighted by atomic mass is 9.96. The molecule has 0 amide bonds. The highest BCUT2D eigenvalue weighted by molar-refractivity contribution is 5.40. The smallest absolute Gasteiger partial charge is 0.183 e. The Labute approximate surface area is 99.9 Å². The van der Waals surface area contributed by atoms with Crippen LogP contribution in [-0.2, 0) is 0 Å². The van der Waals surface area contributed by atoms with E-state index >= 15 is 0 Å². The molecule has 90 valence electrons. The number of rotatable bonds is 1. The maximum Gasteiger partial charge on any atom is 0.183 e. The van der Waals surface area contributed by atoms with E-state index in [2.05, 4.69) is 23.1 Å². The molecular weight excluding hydrogens is 214 g/mol. The fraction of sp³-hybridized carbons (Fsp3) is 0.462. The summed E-state index contributed by atoms with van der Waals surface area (Å²) in [6.07, 6.45) is 6.40. The Bertz CT molecular complexity index is 584. The minimum Gasteiger partial charge on any atom is -0.343 e. The number of hydrogen-bond acceptors (Lipinski definition) is 2. The van der Waals surface area contributed by atoms with Crippen LogP contribution in [0.25, 0.3) is 5.65 Å². The molecule has 1 saturated heterocycles. The van der Waals surface area contributed by atoms with Crippen LogP contribution < -0.4 is 5.43 Å². The Balaban J connectivity index is 1.97. The summed E-state index contributed by atoms with van der Waals surface area (Å²) in [4.78, 5) is 17.0. The van der Waals surface area contributed by atoms with Gasteiger partial charge in [0.25, 0.3) is 0 Å². The minimum absolute atomic E-state index is 0.0548. The van der Waals surface area contributed by atoms with Gasteiger partial charge in [-0.05, 0) is 26.4 Å². The van der Waals surface area contributed by atoms with Crippen molar-refractivity contribution in [2.24, 2.45) is 0 Å². The number of pyridine rings is 1. The van der Waals surface area contributed by atoms with E-state index in [-0.39, 0.29) is 5.43 Å². The first-order valence-corrected chi connectivity index (χ1v) is 6.12. The molecule has 1 N–H and O–H groups in total. The van der Waals surface area contributed by atoms with E-state index < -0.39 is 0 Å². The van der Waals surface area contributed by atoms with Gasteiger partial charge >= 0.3 is 0 Å². The largest absolute Gasteiger partial charge is 0.343 e. The molecule has 1 atom stereocenters. The molecule has 2 aromatic heterocycles. The molecule has 4 nitrogen and oxygen atoms in total. The highest BCUT2D eigenvalue weighted by atomic mass is 16.1. The van der Waals surface area contributed by atoms with E-state index in [1.54, 1.807) is 12.1 Å². The van der Waals surface area contributed by atoms with Crippen LogP contribution in [0.3, 0.4) is 0 Å². The highest BCUT2D eigenvalue weighted by Crippen LogP contribution is 2.25. The average molecular weight is 231 g/mol. The molecule has 0 bridgehead atoms. The predicted molar refractivity (Wildman–Crippen MR) is 67.5 cm³/mol. The van der Waals surface area contributed by atoms with E-state index in [1.165, 1.54) is 25.1 Å². The molecule has 1 aliphatic heterocycles. The Kier molecular flexibility index (Phi) is 2.52. The third kappa shape index (κ3) is 2.00. The van der Waals surface area contributed by atoms with Gasteiger partial charge in [-0.25, -0.2) is 0 Å². The Morgan fingerprint density at radius 2 is 2.35 bits per heavy atom. The molecular formula is C13H17N3O. The van der Waals surface area contributed by atoms with Crippen LogP contribution in [0.4, 0.5) is 0 Å². The molecule has 0 aliphatic carbocycles. The Morgan fingerprint density at radius 1 is 1.47 bits per heavy atom. The lowest BCUT2D eigenvalue weighted by Gasteiger charge is -2.28. The first-order valence-electron chi connectivity index (χ1n) is 6.12. The van der Waals surface area contributed by atoms with Crippen molar-refractivity contribution in [1.82, 2.24) is 14.3 Å². The molecule has 1 fully saturated rings. The summed E-state index contributed by atoms with van der Waals surface area (Å²) in [5.74, 6) is 0.559. The van der Waals surface area contributed by atoms with Gasteiger partial charge in [0.2, 0.25) is 0 Å². The molecule has 0 saturated carbocycles. The second-order valence-electron chi connectivity index (χ2n) is 4.97. The molecule has 3 heterocycles. The van der Waals surface area contributed by atoms with Crippen molar-refractivity contribution in [3.63, 3.8) is 0 Å². The number of fused-ring (bicyclic) bond motifs is 1. The van der Waals surface area contributed by atoms with Gasteiger partial charge in [-0.1, -0.05) is 0 Å². The number of nitrogens with zero attached hydrogens (tertiary/aromatic N) is 2. The van der Waals surface area contributed by atoms with Gasteiger partial charge in [-0.3, -0.25) is 4.79 Å². The van der Waals surface area contributed by atoms with E-state index in [1.807, 2.05) is 10.6 Å². The van der Waals surface area contributed by atoms with E-state index in [0.717, 1.165) is 12.2 Å². The number of imidazole rings is 1. The Morgan fingerprint density at radius 3 is 3.18 bits per heavy atom. The van der Waals surface area contributed by atoms with Gasteiger partial charge in [0, 0.05) is 42.7 Å². The standard InChI is InChI=1S/C13H17N3O/c1-15-5-2-3-10(8-15)12-9-16-6-4-11(17)7-13(16)14-12/h4,6-7,9-10,14H,2-3,5,8H2,1H3. The fourth-order valence-corrected chi connectivity index (χ4v) is 2.66. The van der Waals surface area contributed by atoms with Gasteiger partial charge in [-0.2, -0.15) is 0 Å². The van der Waals surface area contributed by atoms with Crippen molar-refractivity contribution in [3.05, 3.63) is 40.4 Å². The molecule has 1 aliphatic rings. The zero-order chi connectivity index (χ0) is 11.8. The molecule has 3 rings (SSSR count). The van der Waals surface area contributed by atoms with Gasteiger partial charge < -0.3 is 14.3 Å². The number of hydrogen-bond donors (Lipinski definition) is 1. The van der Waals surface area contributed by atoms with Gasteiger partial charge in [-0.15, -0.1) is 0 Å². The van der Waals surface area contributed by atoms with Gasteiger partial charge in [0.1, 0.15) is 5.65 Å². The fourth-order valence-electron chi connectivity index (χ4n) is 2.66. The van der Waals surface area contributed by atoms with Crippen molar-refractivity contribution in [3.8, 4) is 0 Å². The molecule has 0 spiro atoms. The maximum atomic E-state index is 11.3. The molecule has 0 aromatic carbocycles. The summed E-state index contributed by atoms with van der Waals surface area (Å²) in [7, 11) is 2.16. The van der Waals surface area contributed by atoms with Crippen LogP contribution in [0.1, 0.15) is 24.5 Å². The second-order valence-corrected chi connectivity index (χ2v) is 4.97. The quantitative estimate of drug-likeness (QED) is 0.806. The molecule has 17 heavy (non-hydrogen) atoms. The number of aromatic nitrogens is 2. The predicted octanol–water partition coefficient (Wildman–Crippen LogP) is 1.44. The summed E-state index contributed by atoms with van der Waals surface area (Å²) >= 11 is 0. The molecule has 1 unspecified atom stereocenters. The van der Waals surface area contributed by atoms with Crippen molar-refractivity contribution in [2.45, 2.75) is 18.8 Å². The molecule has 0 radical (unpaired) electrons. The van der Waals surface area contributed by atoms with Crippen LogP contribution in [0, 0.1) is 0 Å². The monoisotopic (exact) mass is 231 g/mol. The number of piperidine rings is 1. The van der Waals surface area contributed by atoms with Crippen molar-refractivity contribution in [1.29, 1.82) is 0 Å². The second kappa shape index (κ2) is 4.04. The summed E-state index contributed by atoms with van der Waals surface area (Å²) in [5.41, 5.74) is 2.18. The van der Waals surface area contributed by atoms with Crippen LogP contribution in [0.15, 0.2) is 29.3 Å². The zero-order valence-electron chi connectivity index (χ0n) is 10.0. The van der Waals surface area contributed by atoms with Gasteiger partial charge in [0.05, 0.1) is 0 Å². The zero-order valence-corrected chi connectivity index (χ0v) is 10.0. The maximum absolute atomic E-state index is 11.3. The van der Waals surface area contributed by atoms with Crippen molar-refractivity contribution >= 4 is 5.65 Å². The van der Waals surface area contributed by atoms with Crippen LogP contribution in [-0.4, -0.2) is 34.4 Å². The highest BCUT2D eigenvalue weighted by Gasteiger charge is 2.20. The summed E-state index contributed by atoms with van der Waals surface area (Å²) in [5, 5.41) is 0. The number of nitrogens with one attached hydrogen (secondary N) is 1. The van der Waals surface area contributed by atoms with E-state index in [4.69, 9.17) is 0 Å². The number of aromatic amines is 1. The topological polar surface area (TPSA) is 40.5 Å². The first kappa shape index (κ1) is 10.6. The lowest BCUT2D eigenvalue weighted by molar-refractivity contribution is 0.249. The average Bonchev–Trinajstić information content (AvgIpc) is 2.72.